The first kappa shape index (κ1) is 43.7. The lowest BCUT2D eigenvalue weighted by Gasteiger charge is -2.39. The van der Waals surface area contributed by atoms with Gasteiger partial charge in [0.15, 0.2) is 0 Å². The third-order valence-electron chi connectivity index (χ3n) is 16.0. The van der Waals surface area contributed by atoms with Gasteiger partial charge in [-0.1, -0.05) is 197 Å². The number of pyridine rings is 1. The second-order valence-electron chi connectivity index (χ2n) is 19.7. The van der Waals surface area contributed by atoms with Gasteiger partial charge in [-0.2, -0.15) is 0 Å². The van der Waals surface area contributed by atoms with E-state index in [9.17, 15) is 0 Å². The molecule has 0 saturated heterocycles. The number of aliphatic imine (C=N–C) groups is 1. The predicted molar refractivity (Wildman–Crippen MR) is 289 cm³/mol. The summed E-state index contributed by atoms with van der Waals surface area (Å²) in [4.78, 5) is 10.7. The van der Waals surface area contributed by atoms with Crippen LogP contribution in [0.15, 0.2) is 205 Å². The van der Waals surface area contributed by atoms with Gasteiger partial charge in [0.05, 0.1) is 22.5 Å². The van der Waals surface area contributed by atoms with E-state index in [1.807, 2.05) is 12.2 Å². The van der Waals surface area contributed by atoms with Crippen LogP contribution in [0, 0.1) is 42.4 Å². The van der Waals surface area contributed by atoms with Crippen LogP contribution in [0.1, 0.15) is 90.6 Å². The summed E-state index contributed by atoms with van der Waals surface area (Å²) in [7, 11) is 0. The minimum Gasteiger partial charge on any atom is -0.383 e. The van der Waals surface area contributed by atoms with Crippen molar-refractivity contribution in [1.29, 1.82) is 0 Å². The zero-order chi connectivity index (χ0) is 46.4. The third-order valence-corrected chi connectivity index (χ3v) is 16.0. The zero-order valence-electron chi connectivity index (χ0n) is 40.1. The fourth-order valence-corrected chi connectivity index (χ4v) is 12.6. The molecule has 5 aliphatic carbocycles. The number of anilines is 1. The van der Waals surface area contributed by atoms with Gasteiger partial charge in [-0.25, -0.2) is 0 Å². The van der Waals surface area contributed by atoms with Crippen molar-refractivity contribution >= 4 is 39.5 Å². The Morgan fingerprint density at radius 3 is 2.38 bits per heavy atom. The van der Waals surface area contributed by atoms with Crippen molar-refractivity contribution in [3.63, 3.8) is 0 Å². The number of rotatable bonds is 11. The number of allylic oxidation sites excluding steroid dienone is 18. The molecule has 0 saturated carbocycles. The second kappa shape index (κ2) is 18.3. The van der Waals surface area contributed by atoms with E-state index in [1.165, 1.54) is 78.7 Å². The van der Waals surface area contributed by atoms with E-state index in [0.29, 0.717) is 23.7 Å². The van der Waals surface area contributed by atoms with Crippen LogP contribution in [0.5, 0.6) is 0 Å². The van der Waals surface area contributed by atoms with E-state index < -0.39 is 0 Å². The van der Waals surface area contributed by atoms with Gasteiger partial charge in [0.1, 0.15) is 0 Å². The maximum Gasteiger partial charge on any atom is 0.0896 e. The summed E-state index contributed by atoms with van der Waals surface area (Å²) in [5, 5.41) is 6.12. The van der Waals surface area contributed by atoms with Crippen molar-refractivity contribution in [1.82, 2.24) is 4.98 Å². The smallest absolute Gasteiger partial charge is 0.0896 e. The molecule has 6 aliphatic rings. The van der Waals surface area contributed by atoms with E-state index in [-0.39, 0.29) is 23.2 Å². The molecule has 1 aliphatic heterocycles. The Balaban J connectivity index is 0.951. The lowest BCUT2D eigenvalue weighted by Crippen LogP contribution is -2.35. The Labute approximate surface area is 404 Å². The van der Waals surface area contributed by atoms with Crippen molar-refractivity contribution < 1.29 is 0 Å². The normalized spacial score (nSPS) is 24.6. The van der Waals surface area contributed by atoms with Gasteiger partial charge < -0.3 is 5.32 Å². The van der Waals surface area contributed by atoms with Crippen LogP contribution in [0.2, 0.25) is 0 Å². The first-order valence-electron chi connectivity index (χ1n) is 25.3. The van der Waals surface area contributed by atoms with Crippen molar-refractivity contribution in [2.24, 2.45) is 40.5 Å². The Hall–Kier alpha value is -6.84. The van der Waals surface area contributed by atoms with Crippen molar-refractivity contribution in [2.75, 3.05) is 11.9 Å². The Kier molecular flexibility index (Phi) is 11.8. The highest BCUT2D eigenvalue weighted by molar-refractivity contribution is 6.05. The average Bonchev–Trinajstić information content (AvgIpc) is 3.68. The minimum absolute atomic E-state index is 0.212. The maximum atomic E-state index is 5.39. The second-order valence-corrected chi connectivity index (χ2v) is 19.7. The standard InChI is InChI=1S/C65H63N3/c1-6-9-19-50-41-67-63(58-39-57-54-25-16-17-26-59(54)65(60(57)40-56(50)58,51-21-12-10-13-22-51)52-23-14-11-15-24-52)44(7-2)36-43(5)47-31-29-45-30-32-48-37-49(33-34-53(48)55(45)38-47)61(8-3)68-62-42(4)27-28-46-20-18-35-66-64(46)62/h6,9-17,19,21-34,36-41,43,45,48,53-55,59,66H,1,7-8,18,20,35H2,2-5H3/b19-9-,44-36+,68-61?. The fraction of sp³-hybridized carbons (Fsp3) is 0.262. The highest BCUT2D eigenvalue weighted by atomic mass is 14.9. The molecule has 0 spiro atoms. The Morgan fingerprint density at radius 1 is 0.838 bits per heavy atom. The predicted octanol–water partition coefficient (Wildman–Crippen LogP) is 15.9. The molecule has 11 rings (SSSR count). The topological polar surface area (TPSA) is 37.3 Å². The van der Waals surface area contributed by atoms with E-state index in [0.717, 1.165) is 42.8 Å². The van der Waals surface area contributed by atoms with Crippen LogP contribution in [0.3, 0.4) is 0 Å². The molecule has 68 heavy (non-hydrogen) atoms. The quantitative estimate of drug-likeness (QED) is 0.0815. The van der Waals surface area contributed by atoms with Crippen molar-refractivity contribution in [2.45, 2.75) is 64.7 Å². The SMILES string of the molecule is C=C/C=C\c1cnc(/C(=C/C(C)C2=CC3C(C=C2)C=CC2C=C(C(CC)=Nc4c(C)ccc5c4NCCC5)C=CC23)CC)c2cc3c(cc12)C(c1ccccc1)(c1ccccc1)C1C=CC=CC31. The van der Waals surface area contributed by atoms with Gasteiger partial charge in [-0.05, 0) is 118 Å². The Morgan fingerprint density at radius 2 is 1.62 bits per heavy atom. The van der Waals surface area contributed by atoms with Crippen LogP contribution >= 0.6 is 0 Å². The van der Waals surface area contributed by atoms with E-state index in [1.54, 1.807) is 0 Å². The molecule has 5 aromatic rings. The lowest BCUT2D eigenvalue weighted by atomic mass is 9.63. The Bertz CT molecular complexity index is 3070. The molecule has 0 amide bonds. The summed E-state index contributed by atoms with van der Waals surface area (Å²) in [6.45, 7) is 14.1. The molecule has 1 aromatic heterocycles. The molecule has 0 radical (unpaired) electrons. The molecule has 3 nitrogen and oxygen atoms in total. The number of nitrogens with one attached hydrogen (secondary N) is 1. The third kappa shape index (κ3) is 7.43. The summed E-state index contributed by atoms with van der Waals surface area (Å²) in [5.74, 6) is 2.18. The molecule has 338 valence electrons. The molecule has 4 aromatic carbocycles. The molecule has 0 fully saturated rings. The highest BCUT2D eigenvalue weighted by Gasteiger charge is 2.53. The average molecular weight is 886 g/mol. The number of aromatic nitrogens is 1. The van der Waals surface area contributed by atoms with Crippen LogP contribution in [0.4, 0.5) is 11.4 Å². The molecule has 3 heteroatoms. The molecule has 0 bridgehead atoms. The maximum absolute atomic E-state index is 5.39. The summed E-state index contributed by atoms with van der Waals surface area (Å²) in [6, 6.07) is 32.0. The molecular weight excluding hydrogens is 823 g/mol. The first-order chi connectivity index (χ1) is 33.4. The first-order valence-corrected chi connectivity index (χ1v) is 25.3. The number of hydrogen-bond acceptors (Lipinski definition) is 3. The number of hydrogen-bond donors (Lipinski definition) is 1. The number of aryl methyl sites for hydroxylation is 2. The van der Waals surface area contributed by atoms with Crippen LogP contribution in [0.25, 0.3) is 22.4 Å². The molecule has 7 atom stereocenters. The summed E-state index contributed by atoms with van der Waals surface area (Å²) < 4.78 is 0. The lowest BCUT2D eigenvalue weighted by molar-refractivity contribution is 0.344. The minimum atomic E-state index is -0.362. The summed E-state index contributed by atoms with van der Waals surface area (Å²) in [6.07, 6.45) is 43.8. The van der Waals surface area contributed by atoms with Gasteiger partial charge in [-0.15, -0.1) is 0 Å². The van der Waals surface area contributed by atoms with Gasteiger partial charge in [-0.3, -0.25) is 9.98 Å². The van der Waals surface area contributed by atoms with Crippen LogP contribution in [-0.2, 0) is 11.8 Å². The summed E-state index contributed by atoms with van der Waals surface area (Å²) >= 11 is 0. The molecule has 7 unspecified atom stereocenters. The highest BCUT2D eigenvalue weighted by Crippen LogP contribution is 2.60. The zero-order valence-corrected chi connectivity index (χ0v) is 40.1. The number of nitrogens with zero attached hydrogens (tertiary/aromatic N) is 2. The van der Waals surface area contributed by atoms with Crippen molar-refractivity contribution in [3.8, 4) is 0 Å². The molecule has 2 heterocycles. The van der Waals surface area contributed by atoms with Gasteiger partial charge in [0.25, 0.3) is 0 Å². The fourth-order valence-electron chi connectivity index (χ4n) is 12.6. The summed E-state index contributed by atoms with van der Waals surface area (Å²) in [5.41, 5.74) is 17.3. The van der Waals surface area contributed by atoms with Crippen LogP contribution < -0.4 is 5.32 Å². The molecular formula is C65H63N3. The van der Waals surface area contributed by atoms with Crippen LogP contribution in [-0.4, -0.2) is 17.2 Å². The van der Waals surface area contributed by atoms with E-state index in [4.69, 9.17) is 9.98 Å². The van der Waals surface area contributed by atoms with Gasteiger partial charge >= 0.3 is 0 Å². The van der Waals surface area contributed by atoms with E-state index >= 15 is 0 Å². The van der Waals surface area contributed by atoms with Crippen molar-refractivity contribution in [3.05, 3.63) is 245 Å². The molecule has 1 N–H and O–H groups in total. The van der Waals surface area contributed by atoms with Gasteiger partial charge in [0, 0.05) is 53.1 Å². The largest absolute Gasteiger partial charge is 0.383 e. The number of fused-ring (bicyclic) bond motifs is 8. The van der Waals surface area contributed by atoms with Gasteiger partial charge in [0.2, 0.25) is 0 Å². The monoisotopic (exact) mass is 886 g/mol. The number of benzene rings is 4. The van der Waals surface area contributed by atoms with E-state index in [2.05, 4.69) is 216 Å².